The molecule has 1 aliphatic rings. The van der Waals surface area contributed by atoms with Gasteiger partial charge in [0.05, 0.1) is 42.5 Å². The Balaban J connectivity index is 0.000000203. The first kappa shape index (κ1) is 53.0. The molecule has 17 nitrogen and oxygen atoms in total. The molecule has 19 heteroatoms. The van der Waals surface area contributed by atoms with Crippen LogP contribution in [0.15, 0.2) is 156 Å². The number of H-pyrrole nitrogens is 2. The van der Waals surface area contributed by atoms with Crippen LogP contribution in [0.25, 0.3) is 56.5 Å². The van der Waals surface area contributed by atoms with Crippen molar-refractivity contribution in [1.29, 1.82) is 0 Å². The van der Waals surface area contributed by atoms with Crippen molar-refractivity contribution < 1.29 is 27.0 Å². The van der Waals surface area contributed by atoms with Gasteiger partial charge in [0.2, 0.25) is 0 Å². The number of carbonyl (C=O) groups excluding carboxylic acids is 1. The van der Waals surface area contributed by atoms with Crippen molar-refractivity contribution in [3.05, 3.63) is 197 Å². The first-order chi connectivity index (χ1) is 33.0. The molecule has 0 bridgehead atoms. The van der Waals surface area contributed by atoms with E-state index < -0.39 is 5.60 Å². The van der Waals surface area contributed by atoms with Gasteiger partial charge in [-0.25, -0.2) is 38.9 Å². The molecule has 0 radical (unpaired) electrons. The minimum absolute atomic E-state index is 0. The third-order valence-electron chi connectivity index (χ3n) is 11.3. The van der Waals surface area contributed by atoms with Gasteiger partial charge in [-0.2, -0.15) is 10.2 Å². The molecule has 3 N–H and O–H groups in total. The van der Waals surface area contributed by atoms with Gasteiger partial charge < -0.3 is 39.6 Å². The average Bonchev–Trinajstić information content (AvgIpc) is 4.23. The number of ketones is 1. The van der Waals surface area contributed by atoms with Gasteiger partial charge in [0, 0.05) is 54.7 Å². The van der Waals surface area contributed by atoms with E-state index in [1.54, 1.807) is 75.3 Å². The molecule has 0 spiro atoms. The number of fused-ring (bicyclic) bond motifs is 2. The van der Waals surface area contributed by atoms with Crippen molar-refractivity contribution in [3.8, 4) is 34.2 Å². The molecule has 6 aromatic heterocycles. The maximum Gasteiger partial charge on any atom is 2.00 e. The number of imidazole rings is 2. The average molecular weight is 984 g/mol. The third kappa shape index (κ3) is 12.2. The number of nitrogens with zero attached hydrogens (tertiary/aromatic N) is 10. The second kappa shape index (κ2) is 23.5. The molecule has 0 saturated carbocycles. The SMILES string of the molecule is C1CCOC1.CC(=O)c1ccccc1-c1ncc2[nH]c(=O)n(Cc3ccc(-n4cccn4)cc3)c2n1.CC(C)(O)c1ccccc1-c1ncc2[nH]c(=O)n(Cc3ccc(-n4cccn4)cc3)c2n1.[CH3-].[Cl-].[Mg+2]. The molecule has 0 aliphatic carbocycles. The van der Waals surface area contributed by atoms with Crippen molar-refractivity contribution in [2.45, 2.75) is 52.3 Å². The van der Waals surface area contributed by atoms with Gasteiger partial charge in [0.15, 0.2) is 28.7 Å². The zero-order valence-electron chi connectivity index (χ0n) is 39.7. The fraction of sp³-hybridized carbons (Fsp3) is 0.192. The molecule has 71 heavy (non-hydrogen) atoms. The Bertz CT molecular complexity index is 3440. The quantitative estimate of drug-likeness (QED) is 0.0998. The van der Waals surface area contributed by atoms with Crippen LogP contribution in [0.3, 0.4) is 0 Å². The van der Waals surface area contributed by atoms with Crippen LogP contribution < -0.4 is 23.8 Å². The normalized spacial score (nSPS) is 11.9. The van der Waals surface area contributed by atoms with Crippen molar-refractivity contribution in [1.82, 2.24) is 58.6 Å². The van der Waals surface area contributed by atoms with E-state index in [4.69, 9.17) is 9.72 Å². The first-order valence-electron chi connectivity index (χ1n) is 22.1. The zero-order chi connectivity index (χ0) is 47.2. The molecule has 0 atom stereocenters. The number of ether oxygens (including phenoxy) is 1. The number of aromatic amines is 2. The minimum atomic E-state index is -1.05. The van der Waals surface area contributed by atoms with Crippen molar-refractivity contribution in [3.63, 3.8) is 0 Å². The number of nitrogens with one attached hydrogen (secondary N) is 2. The second-order valence-electron chi connectivity index (χ2n) is 16.7. The summed E-state index contributed by atoms with van der Waals surface area (Å²) in [4.78, 5) is 61.0. The van der Waals surface area contributed by atoms with E-state index >= 15 is 0 Å². The molecular weight excluding hydrogens is 932 g/mol. The number of hydrogen-bond acceptors (Lipinski definition) is 11. The van der Waals surface area contributed by atoms with Crippen molar-refractivity contribution in [2.75, 3.05) is 13.2 Å². The smallest absolute Gasteiger partial charge is 1.00 e. The fourth-order valence-corrected chi connectivity index (χ4v) is 7.87. The predicted molar refractivity (Wildman–Crippen MR) is 270 cm³/mol. The summed E-state index contributed by atoms with van der Waals surface area (Å²) in [6.07, 6.45) is 12.9. The number of rotatable bonds is 10. The first-order valence-corrected chi connectivity index (χ1v) is 22.1. The Morgan fingerprint density at radius 2 is 1.11 bits per heavy atom. The Labute approximate surface area is 431 Å². The number of hydrogen-bond donors (Lipinski definition) is 3. The van der Waals surface area contributed by atoms with Crippen LogP contribution in [-0.4, -0.2) is 106 Å². The maximum absolute atomic E-state index is 12.7. The number of carbonyl (C=O) groups is 1. The Kier molecular flexibility index (Phi) is 17.5. The number of aliphatic hydroxyl groups is 1. The van der Waals surface area contributed by atoms with E-state index in [9.17, 15) is 19.5 Å². The number of Topliss-reactive ketones (excluding diaryl/α,β-unsaturated/α-hetero) is 1. The fourth-order valence-electron chi connectivity index (χ4n) is 7.87. The second-order valence-corrected chi connectivity index (χ2v) is 16.7. The number of aromatic nitrogens is 12. The molecule has 11 rings (SSSR count). The van der Waals surface area contributed by atoms with Gasteiger partial charge >= 0.3 is 34.4 Å². The topological polar surface area (TPSA) is 209 Å². The molecule has 0 unspecified atom stereocenters. The van der Waals surface area contributed by atoms with Gasteiger partial charge in [-0.3, -0.25) is 13.9 Å². The summed E-state index contributed by atoms with van der Waals surface area (Å²) in [5, 5.41) is 19.0. The molecule has 1 saturated heterocycles. The summed E-state index contributed by atoms with van der Waals surface area (Å²) in [6.45, 7) is 7.67. The monoisotopic (exact) mass is 982 g/mol. The summed E-state index contributed by atoms with van der Waals surface area (Å²) in [6, 6.07) is 34.1. The Hall–Kier alpha value is -7.35. The number of benzene rings is 4. The predicted octanol–water partition coefficient (Wildman–Crippen LogP) is 4.34. The van der Waals surface area contributed by atoms with Gasteiger partial charge in [0.1, 0.15) is 11.0 Å². The Morgan fingerprint density at radius 1 is 0.662 bits per heavy atom. The summed E-state index contributed by atoms with van der Waals surface area (Å²) < 4.78 is 11.7. The summed E-state index contributed by atoms with van der Waals surface area (Å²) in [5.41, 5.74) is 6.96. The molecule has 7 heterocycles. The molecule has 10 aromatic rings. The van der Waals surface area contributed by atoms with Crippen molar-refractivity contribution in [2.24, 2.45) is 0 Å². The van der Waals surface area contributed by atoms with E-state index in [-0.39, 0.29) is 60.0 Å². The van der Waals surface area contributed by atoms with Crippen LogP contribution in [-0.2, 0) is 23.4 Å². The molecular formula is C52H51ClMgN12O5. The maximum atomic E-state index is 12.7. The van der Waals surface area contributed by atoms with Crippen LogP contribution in [0, 0.1) is 7.43 Å². The largest absolute Gasteiger partial charge is 2.00 e. The van der Waals surface area contributed by atoms with Gasteiger partial charge in [-0.15, -0.1) is 0 Å². The van der Waals surface area contributed by atoms with Gasteiger partial charge in [0.25, 0.3) is 0 Å². The van der Waals surface area contributed by atoms with Crippen LogP contribution >= 0.6 is 0 Å². The van der Waals surface area contributed by atoms with E-state index in [0.29, 0.717) is 58.2 Å². The summed E-state index contributed by atoms with van der Waals surface area (Å²) >= 11 is 0. The molecule has 0 amide bonds. The number of halogens is 1. The molecule has 1 fully saturated rings. The Morgan fingerprint density at radius 3 is 1.54 bits per heavy atom. The van der Waals surface area contributed by atoms with Gasteiger partial charge in [-0.05, 0) is 86.7 Å². The van der Waals surface area contributed by atoms with Crippen LogP contribution in [0.4, 0.5) is 0 Å². The molecule has 358 valence electrons. The standard InChI is InChI=1S/C24H22N6O2.C23H18N6O2.C4H8O.CH3.ClH.Mg/c1-24(2,32)19-7-4-3-6-18(19)21-25-14-20-22(28-21)29(23(31)27-20)15-16-8-10-17(11-9-16)30-13-5-12-26-30;1-15(30)18-5-2-3-6-19(18)21-24-13-20-22(27-21)28(23(31)26-20)14-16-7-9-17(10-8-16)29-12-4-11-25-29;1-2-4-5-3-1;;;/h3-14,32H,15H2,1-2H3,(H,27,31);2-13H,14H2,1H3,(H,26,31);1-4H2;1H3;1H;/q;;;-1;;+2/p-1. The van der Waals surface area contributed by atoms with Crippen LogP contribution in [0.1, 0.15) is 60.7 Å². The zero-order valence-corrected chi connectivity index (χ0v) is 41.9. The van der Waals surface area contributed by atoms with E-state index in [0.717, 1.165) is 46.8 Å². The minimum Gasteiger partial charge on any atom is -1.00 e. The third-order valence-corrected chi connectivity index (χ3v) is 11.3. The van der Waals surface area contributed by atoms with Gasteiger partial charge in [-0.1, -0.05) is 72.8 Å². The summed E-state index contributed by atoms with van der Waals surface area (Å²) in [5.74, 6) is 0.792. The van der Waals surface area contributed by atoms with E-state index in [1.807, 2.05) is 103 Å². The molecule has 4 aromatic carbocycles. The van der Waals surface area contributed by atoms with Crippen LogP contribution in [0.2, 0.25) is 0 Å². The van der Waals surface area contributed by atoms with Crippen LogP contribution in [0.5, 0.6) is 0 Å². The van der Waals surface area contributed by atoms with E-state index in [1.165, 1.54) is 19.8 Å². The summed E-state index contributed by atoms with van der Waals surface area (Å²) in [7, 11) is 0. The van der Waals surface area contributed by atoms with E-state index in [2.05, 4.69) is 35.1 Å². The molecule has 1 aliphatic heterocycles. The van der Waals surface area contributed by atoms with Crippen molar-refractivity contribution >= 4 is 51.2 Å².